The SMILES string of the molecule is CC(C)(COP(=O)([O-])OP(=O)([O-])OCC1OC(n2cnc3c(N)ncnc32)C(O)C1O)C(O)C(=O)NCCC(=O)NCCS.[Na+]. The summed E-state index contributed by atoms with van der Waals surface area (Å²) in [4.78, 5) is 60.1. The molecular weight excluding hydrogens is 675 g/mol. The number of fused-ring (bicyclic) bond motifs is 1. The van der Waals surface area contributed by atoms with Crippen molar-refractivity contribution in [3.63, 3.8) is 0 Å². The summed E-state index contributed by atoms with van der Waals surface area (Å²) in [6.45, 7) is 0.858. The topological polar surface area (TPSA) is 306 Å². The number of nitrogens with zero attached hydrogens (tertiary/aromatic N) is 4. The minimum atomic E-state index is -5.66. The van der Waals surface area contributed by atoms with Crippen LogP contribution in [0.1, 0.15) is 26.5 Å². The Balaban J connectivity index is 0.00000705. The molecule has 0 spiro atoms. The number of aliphatic hydroxyl groups is 3. The molecule has 0 aliphatic carbocycles. The maximum Gasteiger partial charge on any atom is 1.00 e. The summed E-state index contributed by atoms with van der Waals surface area (Å²) in [6, 6.07) is 0. The van der Waals surface area contributed by atoms with E-state index in [4.69, 9.17) is 10.5 Å². The predicted octanol–water partition coefficient (Wildman–Crippen LogP) is -6.04. The molecule has 3 heterocycles. The number of hydrogen-bond acceptors (Lipinski definition) is 18. The number of ether oxygens (including phenoxy) is 1. The van der Waals surface area contributed by atoms with Gasteiger partial charge in [0.05, 0.1) is 19.5 Å². The second-order valence-electron chi connectivity index (χ2n) is 10.2. The van der Waals surface area contributed by atoms with Gasteiger partial charge in [0.1, 0.15) is 36.3 Å². The molecule has 1 aliphatic heterocycles. The van der Waals surface area contributed by atoms with Crippen LogP contribution in [0.15, 0.2) is 12.7 Å². The number of nitrogens with two attached hydrogens (primary N) is 1. The summed E-state index contributed by atoms with van der Waals surface area (Å²) < 4.78 is 44.4. The largest absolute Gasteiger partial charge is 1.00 e. The molecule has 7 atom stereocenters. The van der Waals surface area contributed by atoms with E-state index in [0.29, 0.717) is 12.3 Å². The van der Waals surface area contributed by atoms with E-state index in [1.807, 2.05) is 0 Å². The van der Waals surface area contributed by atoms with Crippen molar-refractivity contribution in [3.05, 3.63) is 12.7 Å². The molecule has 24 heteroatoms. The van der Waals surface area contributed by atoms with Gasteiger partial charge in [0.2, 0.25) is 11.8 Å². The number of nitrogen functional groups attached to an aromatic ring is 1. The third-order valence-electron chi connectivity index (χ3n) is 6.26. The van der Waals surface area contributed by atoms with Gasteiger partial charge < -0.3 is 55.3 Å². The molecule has 7 N–H and O–H groups in total. The van der Waals surface area contributed by atoms with Gasteiger partial charge in [0.15, 0.2) is 17.7 Å². The van der Waals surface area contributed by atoms with Crippen LogP contribution in [0, 0.1) is 5.41 Å². The maximum atomic E-state index is 12.3. The molecule has 2 aromatic heterocycles. The molecule has 7 unspecified atom stereocenters. The average molecular weight is 709 g/mol. The number of nitrogens with one attached hydrogen (secondary N) is 2. The number of imidazole rings is 1. The normalized spacial score (nSPS) is 23.5. The monoisotopic (exact) mass is 708 g/mol. The molecule has 1 fully saturated rings. The van der Waals surface area contributed by atoms with Crippen molar-refractivity contribution < 1.29 is 91.5 Å². The second-order valence-corrected chi connectivity index (χ2v) is 13.6. The fourth-order valence-electron chi connectivity index (χ4n) is 3.85. The Labute approximate surface area is 284 Å². The number of hydrogen-bond donors (Lipinski definition) is 7. The van der Waals surface area contributed by atoms with Gasteiger partial charge in [0.25, 0.3) is 15.6 Å². The van der Waals surface area contributed by atoms with E-state index in [-0.39, 0.29) is 65.4 Å². The summed E-state index contributed by atoms with van der Waals surface area (Å²) in [5.74, 6) is -0.830. The van der Waals surface area contributed by atoms with Gasteiger partial charge in [-0.05, 0) is 0 Å². The van der Waals surface area contributed by atoms with E-state index in [2.05, 4.69) is 51.6 Å². The second kappa shape index (κ2) is 16.7. The maximum absolute atomic E-state index is 12.3. The number of anilines is 1. The number of rotatable bonds is 16. The molecule has 0 aromatic carbocycles. The van der Waals surface area contributed by atoms with Crippen molar-refractivity contribution in [1.29, 1.82) is 0 Å². The summed E-state index contributed by atoms with van der Waals surface area (Å²) in [6.07, 6.45) is -5.66. The van der Waals surface area contributed by atoms with E-state index in [1.165, 1.54) is 24.7 Å². The van der Waals surface area contributed by atoms with Gasteiger partial charge >= 0.3 is 29.6 Å². The van der Waals surface area contributed by atoms with Gasteiger partial charge in [-0.25, -0.2) is 19.3 Å². The van der Waals surface area contributed by atoms with Crippen LogP contribution in [0.3, 0.4) is 0 Å². The van der Waals surface area contributed by atoms with Crippen molar-refractivity contribution in [2.75, 3.05) is 37.8 Å². The number of carbonyl (C=O) groups is 2. The van der Waals surface area contributed by atoms with Crippen LogP contribution in [0.25, 0.3) is 11.2 Å². The molecule has 3 rings (SSSR count). The number of phosphoric acid groups is 2. The zero-order valence-corrected chi connectivity index (χ0v) is 29.1. The van der Waals surface area contributed by atoms with E-state index in [1.54, 1.807) is 0 Å². The molecule has 248 valence electrons. The van der Waals surface area contributed by atoms with Crippen molar-refractivity contribution >= 4 is 57.1 Å². The van der Waals surface area contributed by atoms with Crippen LogP contribution in [-0.4, -0.2) is 103 Å². The van der Waals surface area contributed by atoms with E-state index in [0.717, 1.165) is 6.33 Å². The number of aromatic nitrogens is 4. The molecule has 20 nitrogen and oxygen atoms in total. The predicted molar refractivity (Wildman–Crippen MR) is 148 cm³/mol. The van der Waals surface area contributed by atoms with Gasteiger partial charge in [-0.3, -0.25) is 23.3 Å². The standard InChI is InChI=1S/C21H35N7O13P2S.Na/c1-21(2,16(32)19(33)24-4-3-12(29)23-5-6-44)8-39-43(36,37)41-42(34,35)38-7-11-14(30)15(31)20(40-11)28-10-27-13-17(22)25-9-26-18(13)28;/h9-11,14-16,20,30-32,44H,3-8H2,1-2H3,(H,23,29)(H,24,33)(H,34,35)(H,36,37)(H2,22,25,26);/q;+1/p-2. The smallest absolute Gasteiger partial charge is 0.756 e. The first-order valence-electron chi connectivity index (χ1n) is 12.9. The Morgan fingerprint density at radius 1 is 1.16 bits per heavy atom. The number of aliphatic hydroxyl groups excluding tert-OH is 3. The zero-order chi connectivity index (χ0) is 32.9. The quantitative estimate of drug-likeness (QED) is 0.0485. The number of thiol groups is 1. The van der Waals surface area contributed by atoms with Gasteiger partial charge in [-0.2, -0.15) is 12.6 Å². The molecule has 0 radical (unpaired) electrons. The summed E-state index contributed by atoms with van der Waals surface area (Å²) in [5.41, 5.74) is 4.49. The van der Waals surface area contributed by atoms with Gasteiger partial charge in [-0.1, -0.05) is 13.8 Å². The Morgan fingerprint density at radius 3 is 2.49 bits per heavy atom. The molecule has 0 bridgehead atoms. The van der Waals surface area contributed by atoms with Crippen LogP contribution in [-0.2, 0) is 36.8 Å². The molecule has 1 saturated heterocycles. The van der Waals surface area contributed by atoms with Gasteiger partial charge in [-0.15, -0.1) is 0 Å². The summed E-state index contributed by atoms with van der Waals surface area (Å²) >= 11 is 3.95. The minimum Gasteiger partial charge on any atom is -0.756 e. The Bertz CT molecular complexity index is 1420. The first-order chi connectivity index (χ1) is 20.5. The minimum absolute atomic E-state index is 0. The van der Waals surface area contributed by atoms with Crippen LogP contribution in [0.5, 0.6) is 0 Å². The Hall–Kier alpha value is -1.26. The van der Waals surface area contributed by atoms with Crippen molar-refractivity contribution in [1.82, 2.24) is 30.2 Å². The fraction of sp³-hybridized carbons (Fsp3) is 0.667. The first-order valence-corrected chi connectivity index (χ1v) is 16.4. The number of phosphoric ester groups is 2. The molecular formula is C21H33N7NaO13P2S-. The summed E-state index contributed by atoms with van der Waals surface area (Å²) in [7, 11) is -11.3. The van der Waals surface area contributed by atoms with E-state index < -0.39 is 70.8 Å². The third kappa shape index (κ3) is 10.9. The summed E-state index contributed by atoms with van der Waals surface area (Å²) in [5, 5.41) is 36.0. The van der Waals surface area contributed by atoms with Crippen LogP contribution in [0.4, 0.5) is 5.82 Å². The Kier molecular flexibility index (Phi) is 14.8. The molecule has 2 amide bonds. The Morgan fingerprint density at radius 2 is 1.82 bits per heavy atom. The zero-order valence-electron chi connectivity index (χ0n) is 24.4. The average Bonchev–Trinajstić information content (AvgIpc) is 3.50. The molecule has 2 aromatic rings. The van der Waals surface area contributed by atoms with Crippen LogP contribution < -0.4 is 55.7 Å². The molecule has 1 aliphatic rings. The van der Waals surface area contributed by atoms with Gasteiger partial charge in [0, 0.05) is 30.7 Å². The number of amides is 2. The first kappa shape index (κ1) is 39.9. The fourth-order valence-corrected chi connectivity index (χ4v) is 6.14. The molecule has 45 heavy (non-hydrogen) atoms. The number of carbonyl (C=O) groups excluding carboxylic acids is 2. The van der Waals surface area contributed by atoms with Crippen molar-refractivity contribution in [2.24, 2.45) is 5.41 Å². The van der Waals surface area contributed by atoms with Crippen LogP contribution >= 0.6 is 28.3 Å². The van der Waals surface area contributed by atoms with Crippen molar-refractivity contribution in [3.8, 4) is 0 Å². The molecule has 0 saturated carbocycles. The van der Waals surface area contributed by atoms with E-state index in [9.17, 15) is 43.8 Å². The van der Waals surface area contributed by atoms with Crippen LogP contribution in [0.2, 0.25) is 0 Å². The van der Waals surface area contributed by atoms with E-state index >= 15 is 0 Å². The van der Waals surface area contributed by atoms with Crippen molar-refractivity contribution in [2.45, 2.75) is 50.9 Å². The third-order valence-corrected chi connectivity index (χ3v) is 9.00.